The summed E-state index contributed by atoms with van der Waals surface area (Å²) < 4.78 is 11.3. The molecular weight excluding hydrogens is 326 g/mol. The monoisotopic (exact) mass is 349 g/mol. The van der Waals surface area contributed by atoms with Crippen molar-refractivity contribution in [1.29, 1.82) is 0 Å². The maximum absolute atomic E-state index is 12.0. The van der Waals surface area contributed by atoms with Crippen LogP contribution in [-0.2, 0) is 4.79 Å². The zero-order chi connectivity index (χ0) is 17.5. The minimum Gasteiger partial charge on any atom is -0.493 e. The van der Waals surface area contributed by atoms with Gasteiger partial charge < -0.3 is 14.5 Å². The van der Waals surface area contributed by atoms with E-state index in [1.165, 1.54) is 11.8 Å². The van der Waals surface area contributed by atoms with Crippen LogP contribution in [-0.4, -0.2) is 34.5 Å². The molecule has 1 aromatic carbocycles. The zero-order valence-corrected chi connectivity index (χ0v) is 15.2. The van der Waals surface area contributed by atoms with Gasteiger partial charge in [-0.2, -0.15) is 0 Å². The van der Waals surface area contributed by atoms with Crippen LogP contribution in [0.4, 0.5) is 0 Å². The van der Waals surface area contributed by atoms with Gasteiger partial charge in [0.25, 0.3) is 11.1 Å². The quantitative estimate of drug-likeness (QED) is 0.736. The van der Waals surface area contributed by atoms with Crippen LogP contribution in [0.5, 0.6) is 5.75 Å². The molecule has 0 aliphatic carbocycles. The van der Waals surface area contributed by atoms with Crippen molar-refractivity contribution in [2.24, 2.45) is 5.92 Å². The van der Waals surface area contributed by atoms with E-state index in [1.807, 2.05) is 38.1 Å². The van der Waals surface area contributed by atoms with Gasteiger partial charge in [-0.1, -0.05) is 37.7 Å². The van der Waals surface area contributed by atoms with Crippen LogP contribution in [0.2, 0.25) is 0 Å². The fraction of sp³-hybridized carbons (Fsp3) is 0.471. The molecule has 24 heavy (non-hydrogen) atoms. The Morgan fingerprint density at radius 2 is 2.04 bits per heavy atom. The van der Waals surface area contributed by atoms with Gasteiger partial charge in [0.1, 0.15) is 5.75 Å². The first-order valence-electron chi connectivity index (χ1n) is 8.01. The molecule has 1 N–H and O–H groups in total. The molecule has 6 nitrogen and oxygen atoms in total. The fourth-order valence-electron chi connectivity index (χ4n) is 1.94. The smallest absolute Gasteiger partial charge is 0.277 e. The van der Waals surface area contributed by atoms with E-state index in [0.717, 1.165) is 5.56 Å². The molecule has 0 saturated heterocycles. The molecule has 1 heterocycles. The van der Waals surface area contributed by atoms with Gasteiger partial charge in [0.05, 0.1) is 17.4 Å². The number of aromatic nitrogens is 2. The van der Waals surface area contributed by atoms with Crippen molar-refractivity contribution < 1.29 is 13.9 Å². The van der Waals surface area contributed by atoms with Gasteiger partial charge in [0.15, 0.2) is 0 Å². The highest BCUT2D eigenvalue weighted by Crippen LogP contribution is 2.31. The maximum atomic E-state index is 12.0. The summed E-state index contributed by atoms with van der Waals surface area (Å²) in [6, 6.07) is 7.50. The second-order valence-corrected chi connectivity index (χ2v) is 6.99. The van der Waals surface area contributed by atoms with E-state index in [9.17, 15) is 4.79 Å². The highest BCUT2D eigenvalue weighted by atomic mass is 32.2. The Hall–Kier alpha value is -2.02. The van der Waals surface area contributed by atoms with E-state index in [2.05, 4.69) is 29.4 Å². The number of hydrogen-bond acceptors (Lipinski definition) is 6. The summed E-state index contributed by atoms with van der Waals surface area (Å²) in [6.07, 6.45) is 0. The highest BCUT2D eigenvalue weighted by molar-refractivity contribution is 8.00. The Labute approximate surface area is 146 Å². The van der Waals surface area contributed by atoms with Gasteiger partial charge >= 0.3 is 0 Å². The molecule has 0 saturated carbocycles. The number of hydrogen-bond donors (Lipinski definition) is 1. The van der Waals surface area contributed by atoms with E-state index in [-0.39, 0.29) is 11.2 Å². The zero-order valence-electron chi connectivity index (χ0n) is 14.4. The summed E-state index contributed by atoms with van der Waals surface area (Å²) in [5, 5.41) is 11.0. The summed E-state index contributed by atoms with van der Waals surface area (Å²) in [6.45, 7) is 9.05. The second-order valence-electron chi connectivity index (χ2n) is 5.70. The third kappa shape index (κ3) is 4.99. The summed E-state index contributed by atoms with van der Waals surface area (Å²) in [5.74, 6) is 1.46. The molecule has 0 fully saturated rings. The number of para-hydroxylation sites is 1. The topological polar surface area (TPSA) is 77.2 Å². The number of ether oxygens (including phenoxy) is 1. The first kappa shape index (κ1) is 18.3. The molecule has 2 aromatic rings. The van der Waals surface area contributed by atoms with E-state index < -0.39 is 0 Å². The lowest BCUT2D eigenvalue weighted by molar-refractivity contribution is -0.120. The molecule has 0 bridgehead atoms. The molecule has 7 heteroatoms. The summed E-state index contributed by atoms with van der Waals surface area (Å²) >= 11 is 1.24. The molecule has 1 amide bonds. The van der Waals surface area contributed by atoms with E-state index in [1.54, 1.807) is 0 Å². The number of nitrogens with zero attached hydrogens (tertiary/aromatic N) is 2. The van der Waals surface area contributed by atoms with Gasteiger partial charge in [0, 0.05) is 6.54 Å². The summed E-state index contributed by atoms with van der Waals surface area (Å²) in [7, 11) is 0. The van der Waals surface area contributed by atoms with Crippen molar-refractivity contribution in [2.75, 3.05) is 13.2 Å². The van der Waals surface area contributed by atoms with Crippen molar-refractivity contribution in [3.8, 4) is 17.2 Å². The number of thioether (sulfide) groups is 1. The van der Waals surface area contributed by atoms with Crippen molar-refractivity contribution in [1.82, 2.24) is 15.5 Å². The van der Waals surface area contributed by atoms with E-state index >= 15 is 0 Å². The third-order valence-corrected chi connectivity index (χ3v) is 4.09. The van der Waals surface area contributed by atoms with Crippen LogP contribution in [0.3, 0.4) is 0 Å². The SMILES string of the molecule is CCOc1ccccc1-c1nnc(SC(C)C(=O)NCC(C)C)o1. The average Bonchev–Trinajstić information content (AvgIpc) is 3.01. The molecule has 2 rings (SSSR count). The van der Waals surface area contributed by atoms with Crippen molar-refractivity contribution in [3.05, 3.63) is 24.3 Å². The van der Waals surface area contributed by atoms with Gasteiger partial charge in [-0.25, -0.2) is 0 Å². The van der Waals surface area contributed by atoms with Crippen LogP contribution >= 0.6 is 11.8 Å². The minimum atomic E-state index is -0.306. The predicted molar refractivity (Wildman–Crippen MR) is 94.1 cm³/mol. The average molecular weight is 349 g/mol. The fourth-order valence-corrected chi connectivity index (χ4v) is 2.65. The summed E-state index contributed by atoms with van der Waals surface area (Å²) in [5.41, 5.74) is 0.746. The van der Waals surface area contributed by atoms with Gasteiger partial charge in [-0.15, -0.1) is 10.2 Å². The molecule has 1 aromatic heterocycles. The standard InChI is InChI=1S/C17H23N3O3S/c1-5-22-14-9-7-6-8-13(14)16-19-20-17(23-16)24-12(4)15(21)18-10-11(2)3/h6-9,11-12H,5,10H2,1-4H3,(H,18,21). The predicted octanol–water partition coefficient (Wildman–Crippen LogP) is 3.39. The van der Waals surface area contributed by atoms with Crippen LogP contribution in [0, 0.1) is 5.92 Å². The van der Waals surface area contributed by atoms with E-state index in [0.29, 0.717) is 35.9 Å². The molecule has 0 aliphatic heterocycles. The minimum absolute atomic E-state index is 0.0387. The number of nitrogens with one attached hydrogen (secondary N) is 1. The number of rotatable bonds is 8. The maximum Gasteiger partial charge on any atom is 0.277 e. The van der Waals surface area contributed by atoms with Crippen LogP contribution in [0.25, 0.3) is 11.5 Å². The molecule has 0 spiro atoms. The molecule has 1 unspecified atom stereocenters. The van der Waals surface area contributed by atoms with Crippen molar-refractivity contribution >= 4 is 17.7 Å². The molecule has 0 radical (unpaired) electrons. The Balaban J connectivity index is 2.04. The lowest BCUT2D eigenvalue weighted by Crippen LogP contribution is -2.33. The van der Waals surface area contributed by atoms with Crippen LogP contribution in [0.1, 0.15) is 27.7 Å². The number of benzene rings is 1. The second kappa shape index (κ2) is 8.73. The van der Waals surface area contributed by atoms with Crippen molar-refractivity contribution in [3.63, 3.8) is 0 Å². The van der Waals surface area contributed by atoms with Crippen LogP contribution in [0.15, 0.2) is 33.9 Å². The lowest BCUT2D eigenvalue weighted by atomic mass is 10.2. The summed E-state index contributed by atoms with van der Waals surface area (Å²) in [4.78, 5) is 12.0. The highest BCUT2D eigenvalue weighted by Gasteiger charge is 2.19. The molecule has 130 valence electrons. The van der Waals surface area contributed by atoms with Gasteiger partial charge in [-0.05, 0) is 31.9 Å². The Morgan fingerprint density at radius 1 is 1.29 bits per heavy atom. The Bertz CT molecular complexity index is 673. The van der Waals surface area contributed by atoms with Crippen molar-refractivity contribution in [2.45, 2.75) is 38.2 Å². The first-order valence-corrected chi connectivity index (χ1v) is 8.89. The third-order valence-electron chi connectivity index (χ3n) is 3.16. The van der Waals surface area contributed by atoms with Crippen LogP contribution < -0.4 is 10.1 Å². The molecular formula is C17H23N3O3S. The van der Waals surface area contributed by atoms with Gasteiger partial charge in [0.2, 0.25) is 5.91 Å². The lowest BCUT2D eigenvalue weighted by Gasteiger charge is -2.11. The number of carbonyl (C=O) groups excluding carboxylic acids is 1. The first-order chi connectivity index (χ1) is 11.5. The number of carbonyl (C=O) groups is 1. The Kier molecular flexibility index (Phi) is 6.66. The molecule has 1 atom stereocenters. The number of amides is 1. The Morgan fingerprint density at radius 3 is 2.75 bits per heavy atom. The van der Waals surface area contributed by atoms with Gasteiger partial charge in [-0.3, -0.25) is 4.79 Å². The normalized spacial score (nSPS) is 12.2. The van der Waals surface area contributed by atoms with E-state index in [4.69, 9.17) is 9.15 Å². The largest absolute Gasteiger partial charge is 0.493 e. The molecule has 0 aliphatic rings.